The molecule has 7 heteroatoms. The Bertz CT molecular complexity index is 806. The van der Waals surface area contributed by atoms with Crippen molar-refractivity contribution in [1.82, 2.24) is 15.2 Å². The molecule has 2 heterocycles. The molecule has 0 spiro atoms. The Morgan fingerprint density at radius 3 is 2.86 bits per heavy atom. The first-order valence-corrected chi connectivity index (χ1v) is 10.7. The lowest BCUT2D eigenvalue weighted by atomic mass is 9.98. The molecular formula is C21H26FN3O2S. The lowest BCUT2D eigenvalue weighted by Crippen LogP contribution is -2.39. The van der Waals surface area contributed by atoms with Gasteiger partial charge >= 0.3 is 0 Å². The average Bonchev–Trinajstić information content (AvgIpc) is 3.18. The second-order valence-corrected chi connectivity index (χ2v) is 8.00. The van der Waals surface area contributed by atoms with Gasteiger partial charge in [-0.3, -0.25) is 9.59 Å². The molecule has 28 heavy (non-hydrogen) atoms. The highest BCUT2D eigenvalue weighted by atomic mass is 32.1. The van der Waals surface area contributed by atoms with E-state index in [0.29, 0.717) is 25.9 Å². The van der Waals surface area contributed by atoms with Crippen molar-refractivity contribution in [2.75, 3.05) is 19.6 Å². The van der Waals surface area contributed by atoms with E-state index in [1.807, 2.05) is 17.2 Å². The molecule has 1 aliphatic rings. The van der Waals surface area contributed by atoms with Crippen molar-refractivity contribution in [3.63, 3.8) is 0 Å². The van der Waals surface area contributed by atoms with Crippen molar-refractivity contribution in [3.8, 4) is 0 Å². The molecule has 2 aromatic rings. The van der Waals surface area contributed by atoms with Crippen LogP contribution in [0, 0.1) is 5.82 Å². The van der Waals surface area contributed by atoms with E-state index in [1.165, 1.54) is 12.1 Å². The van der Waals surface area contributed by atoms with Gasteiger partial charge in [-0.05, 0) is 30.5 Å². The number of carbonyl (C=O) groups is 2. The molecule has 1 saturated heterocycles. The van der Waals surface area contributed by atoms with Gasteiger partial charge in [-0.25, -0.2) is 9.37 Å². The van der Waals surface area contributed by atoms with E-state index in [-0.39, 0.29) is 23.5 Å². The summed E-state index contributed by atoms with van der Waals surface area (Å²) in [4.78, 5) is 30.6. The Kier molecular flexibility index (Phi) is 7.14. The molecule has 5 nitrogen and oxygen atoms in total. The van der Waals surface area contributed by atoms with Crippen molar-refractivity contribution in [3.05, 3.63) is 51.7 Å². The normalized spacial score (nSPS) is 16.8. The highest BCUT2D eigenvalue weighted by Gasteiger charge is 2.26. The number of aromatic nitrogens is 1. The highest BCUT2D eigenvalue weighted by molar-refractivity contribution is 7.09. The second-order valence-electron chi connectivity index (χ2n) is 7.11. The fraction of sp³-hybridized carbons (Fsp3) is 0.476. The summed E-state index contributed by atoms with van der Waals surface area (Å²) in [6.45, 7) is 3.88. The first-order valence-electron chi connectivity index (χ1n) is 9.78. The highest BCUT2D eigenvalue weighted by Crippen LogP contribution is 2.29. The number of piperidine rings is 1. The number of benzene rings is 1. The maximum atomic E-state index is 13.0. The Hall–Kier alpha value is -2.28. The Labute approximate surface area is 169 Å². The molecule has 1 aliphatic heterocycles. The van der Waals surface area contributed by atoms with Crippen LogP contribution in [0.4, 0.5) is 4.39 Å². The number of likely N-dealkylation sites (tertiary alicyclic amines) is 1. The summed E-state index contributed by atoms with van der Waals surface area (Å²) in [7, 11) is 0. The van der Waals surface area contributed by atoms with E-state index in [0.717, 1.165) is 42.1 Å². The number of rotatable bonds is 7. The minimum Gasteiger partial charge on any atom is -0.356 e. The van der Waals surface area contributed by atoms with Gasteiger partial charge in [0.25, 0.3) is 0 Å². The van der Waals surface area contributed by atoms with Gasteiger partial charge < -0.3 is 10.2 Å². The molecule has 1 unspecified atom stereocenters. The van der Waals surface area contributed by atoms with Crippen LogP contribution in [0.3, 0.4) is 0 Å². The van der Waals surface area contributed by atoms with E-state index < -0.39 is 0 Å². The molecular weight excluding hydrogens is 377 g/mol. The van der Waals surface area contributed by atoms with Crippen LogP contribution in [0.25, 0.3) is 0 Å². The quantitative estimate of drug-likeness (QED) is 0.772. The number of carbonyl (C=O) groups excluding carboxylic acids is 2. The number of hydrogen-bond donors (Lipinski definition) is 1. The van der Waals surface area contributed by atoms with Gasteiger partial charge in [-0.1, -0.05) is 19.1 Å². The molecule has 1 atom stereocenters. The summed E-state index contributed by atoms with van der Waals surface area (Å²) < 4.78 is 13.0. The minimum absolute atomic E-state index is 0.0537. The van der Waals surface area contributed by atoms with Gasteiger partial charge in [-0.2, -0.15) is 0 Å². The summed E-state index contributed by atoms with van der Waals surface area (Å²) in [5.41, 5.74) is 1.82. The lowest BCUT2D eigenvalue weighted by molar-refractivity contribution is -0.131. The zero-order valence-corrected chi connectivity index (χ0v) is 16.9. The molecule has 1 N–H and O–H groups in total. The molecule has 1 fully saturated rings. The summed E-state index contributed by atoms with van der Waals surface area (Å²) in [5.74, 6) is 0.103. The molecule has 3 rings (SSSR count). The number of thiazole rings is 1. The van der Waals surface area contributed by atoms with Crippen molar-refractivity contribution >= 4 is 23.2 Å². The number of amides is 2. The molecule has 0 radical (unpaired) electrons. The Morgan fingerprint density at radius 2 is 2.11 bits per heavy atom. The molecule has 1 aromatic carbocycles. The molecule has 0 bridgehead atoms. The first kappa shape index (κ1) is 20.5. The van der Waals surface area contributed by atoms with E-state index in [4.69, 9.17) is 4.98 Å². The first-order chi connectivity index (χ1) is 13.5. The van der Waals surface area contributed by atoms with Crippen molar-refractivity contribution in [2.45, 2.75) is 44.9 Å². The fourth-order valence-corrected chi connectivity index (χ4v) is 4.36. The number of nitrogens with one attached hydrogen (secondary N) is 1. The average molecular weight is 404 g/mol. The zero-order chi connectivity index (χ0) is 19.9. The van der Waals surface area contributed by atoms with Gasteiger partial charge in [0.05, 0.1) is 17.1 Å². The summed E-state index contributed by atoms with van der Waals surface area (Å²) in [6.07, 6.45) is 3.50. The predicted octanol–water partition coefficient (Wildman–Crippen LogP) is 3.30. The van der Waals surface area contributed by atoms with Crippen molar-refractivity contribution < 1.29 is 14.0 Å². The zero-order valence-electron chi connectivity index (χ0n) is 16.1. The third-order valence-corrected chi connectivity index (χ3v) is 6.04. The van der Waals surface area contributed by atoms with E-state index >= 15 is 0 Å². The maximum absolute atomic E-state index is 13.0. The third kappa shape index (κ3) is 5.61. The molecule has 150 valence electrons. The second kappa shape index (κ2) is 9.78. The van der Waals surface area contributed by atoms with Crippen LogP contribution in [0.5, 0.6) is 0 Å². The minimum atomic E-state index is -0.289. The van der Waals surface area contributed by atoms with Gasteiger partial charge in [0, 0.05) is 43.8 Å². The van der Waals surface area contributed by atoms with Crippen LogP contribution in [-0.4, -0.2) is 41.3 Å². The smallest absolute Gasteiger partial charge is 0.227 e. The van der Waals surface area contributed by atoms with Gasteiger partial charge in [0.1, 0.15) is 5.82 Å². The van der Waals surface area contributed by atoms with Crippen molar-refractivity contribution in [2.24, 2.45) is 0 Å². The van der Waals surface area contributed by atoms with E-state index in [1.54, 1.807) is 23.5 Å². The van der Waals surface area contributed by atoms with E-state index in [2.05, 4.69) is 5.32 Å². The van der Waals surface area contributed by atoms with Crippen molar-refractivity contribution in [1.29, 1.82) is 0 Å². The maximum Gasteiger partial charge on any atom is 0.227 e. The Balaban J connectivity index is 1.53. The van der Waals surface area contributed by atoms with Crippen LogP contribution in [0.15, 0.2) is 29.6 Å². The van der Waals surface area contributed by atoms with Crippen LogP contribution >= 0.6 is 11.3 Å². The monoisotopic (exact) mass is 403 g/mol. The fourth-order valence-electron chi connectivity index (χ4n) is 3.37. The molecule has 2 amide bonds. The molecule has 1 aromatic heterocycles. The SMILES string of the molecule is CCC(=O)NCCc1csc(C2CCCN(C(=O)Cc3ccc(F)cc3)C2)n1. The standard InChI is InChI=1S/C21H26FN3O2S/c1-2-19(26)23-10-9-18-14-28-21(24-18)16-4-3-11-25(13-16)20(27)12-15-5-7-17(22)8-6-15/h5-8,14,16H,2-4,9-13H2,1H3,(H,23,26). The van der Waals surface area contributed by atoms with Crippen LogP contribution < -0.4 is 5.32 Å². The summed E-state index contributed by atoms with van der Waals surface area (Å²) in [5, 5.41) is 5.98. The largest absolute Gasteiger partial charge is 0.356 e. The van der Waals surface area contributed by atoms with Crippen LogP contribution in [0.1, 0.15) is 48.4 Å². The van der Waals surface area contributed by atoms with Gasteiger partial charge in [-0.15, -0.1) is 11.3 Å². The van der Waals surface area contributed by atoms with Crippen LogP contribution in [-0.2, 0) is 22.4 Å². The van der Waals surface area contributed by atoms with Gasteiger partial charge in [0.15, 0.2) is 0 Å². The number of nitrogens with zero attached hydrogens (tertiary/aromatic N) is 2. The lowest BCUT2D eigenvalue weighted by Gasteiger charge is -2.32. The molecule has 0 aliphatic carbocycles. The Morgan fingerprint density at radius 1 is 1.32 bits per heavy atom. The summed E-state index contributed by atoms with van der Waals surface area (Å²) in [6, 6.07) is 6.11. The molecule has 0 saturated carbocycles. The third-order valence-electron chi connectivity index (χ3n) is 4.99. The van der Waals surface area contributed by atoms with Gasteiger partial charge in [0.2, 0.25) is 11.8 Å². The van der Waals surface area contributed by atoms with E-state index in [9.17, 15) is 14.0 Å². The number of halogens is 1. The topological polar surface area (TPSA) is 62.3 Å². The van der Waals surface area contributed by atoms with Crippen LogP contribution in [0.2, 0.25) is 0 Å². The summed E-state index contributed by atoms with van der Waals surface area (Å²) >= 11 is 1.64. The number of hydrogen-bond acceptors (Lipinski definition) is 4. The predicted molar refractivity (Wildman–Crippen MR) is 108 cm³/mol.